The lowest BCUT2D eigenvalue weighted by Gasteiger charge is -2.20. The monoisotopic (exact) mass is 173 g/mol. The van der Waals surface area contributed by atoms with Crippen molar-refractivity contribution in [2.75, 3.05) is 11.9 Å². The van der Waals surface area contributed by atoms with Gasteiger partial charge in [0.2, 0.25) is 0 Å². The molecule has 64 valence electrons. The molecule has 0 bridgehead atoms. The number of hydrogen-bond acceptors (Lipinski definition) is 2. The van der Waals surface area contributed by atoms with Gasteiger partial charge in [0.05, 0.1) is 5.69 Å². The van der Waals surface area contributed by atoms with Crippen LogP contribution in [-0.2, 0) is 4.79 Å². The second-order valence-corrected chi connectivity index (χ2v) is 2.99. The zero-order valence-corrected chi connectivity index (χ0v) is 7.26. The van der Waals surface area contributed by atoms with Crippen molar-refractivity contribution in [3.8, 4) is 5.75 Å². The Kier molecular flexibility index (Phi) is 1.76. The van der Waals surface area contributed by atoms with Gasteiger partial charge in [0.1, 0.15) is 13.6 Å². The highest BCUT2D eigenvalue weighted by Crippen LogP contribution is 2.28. The van der Waals surface area contributed by atoms with Gasteiger partial charge in [-0.05, 0) is 18.6 Å². The molecule has 1 aliphatic heterocycles. The van der Waals surface area contributed by atoms with Crippen LogP contribution in [0.15, 0.2) is 12.1 Å². The van der Waals surface area contributed by atoms with Crippen molar-refractivity contribution in [1.29, 1.82) is 0 Å². The molecule has 0 saturated heterocycles. The van der Waals surface area contributed by atoms with E-state index in [0.29, 0.717) is 16.9 Å². The summed E-state index contributed by atoms with van der Waals surface area (Å²) in [5, 5.41) is 2.73. The molecule has 0 aromatic heterocycles. The molecule has 4 heteroatoms. The van der Waals surface area contributed by atoms with Crippen molar-refractivity contribution >= 4 is 24.9 Å². The van der Waals surface area contributed by atoms with E-state index in [1.54, 1.807) is 12.1 Å². The average Bonchev–Trinajstić information content (AvgIpc) is 2.12. The van der Waals surface area contributed by atoms with E-state index in [2.05, 4.69) is 5.32 Å². The Labute approximate surface area is 77.5 Å². The maximum atomic E-state index is 11.0. The van der Waals surface area contributed by atoms with Gasteiger partial charge in [-0.1, -0.05) is 11.5 Å². The molecule has 1 N–H and O–H groups in total. The van der Waals surface area contributed by atoms with Gasteiger partial charge in [0, 0.05) is 0 Å². The fraction of sp³-hybridized carbons (Fsp3) is 0.222. The lowest BCUT2D eigenvalue weighted by atomic mass is 9.90. The molecule has 1 amide bonds. The zero-order chi connectivity index (χ0) is 9.42. The topological polar surface area (TPSA) is 38.3 Å². The molecule has 0 spiro atoms. The molecule has 1 aromatic carbocycles. The lowest BCUT2D eigenvalue weighted by molar-refractivity contribution is -0.118. The van der Waals surface area contributed by atoms with E-state index in [1.165, 1.54) is 0 Å². The predicted octanol–water partition coefficient (Wildman–Crippen LogP) is 0.120. The van der Waals surface area contributed by atoms with Crippen molar-refractivity contribution in [1.82, 2.24) is 0 Å². The number of carbonyl (C=O) groups excluding carboxylic acids is 1. The second kappa shape index (κ2) is 2.80. The maximum absolute atomic E-state index is 11.0. The molecule has 3 nitrogen and oxygen atoms in total. The van der Waals surface area contributed by atoms with Crippen LogP contribution in [0.4, 0.5) is 5.69 Å². The Hall–Kier alpha value is -1.45. The average molecular weight is 173 g/mol. The number of rotatable bonds is 0. The summed E-state index contributed by atoms with van der Waals surface area (Å²) in [5.74, 6) is 0.549. The van der Waals surface area contributed by atoms with Gasteiger partial charge in [-0.3, -0.25) is 4.79 Å². The smallest absolute Gasteiger partial charge is 0.262 e. The van der Waals surface area contributed by atoms with Crippen LogP contribution in [0.1, 0.15) is 5.56 Å². The number of nitrogens with one attached hydrogen (secondary N) is 1. The van der Waals surface area contributed by atoms with Gasteiger partial charge < -0.3 is 10.1 Å². The van der Waals surface area contributed by atoms with Gasteiger partial charge in [-0.25, -0.2) is 0 Å². The van der Waals surface area contributed by atoms with Crippen LogP contribution in [0.25, 0.3) is 0 Å². The van der Waals surface area contributed by atoms with Gasteiger partial charge in [-0.15, -0.1) is 0 Å². The van der Waals surface area contributed by atoms with Crippen LogP contribution < -0.4 is 15.5 Å². The molecule has 0 saturated carbocycles. The first-order valence-electron chi connectivity index (χ1n) is 4.00. The second-order valence-electron chi connectivity index (χ2n) is 2.99. The minimum atomic E-state index is -0.138. The molecule has 0 unspecified atom stereocenters. The van der Waals surface area contributed by atoms with Crippen molar-refractivity contribution in [3.63, 3.8) is 0 Å². The number of fused-ring (bicyclic) bond motifs is 1. The normalized spacial score (nSPS) is 14.4. The molecule has 2 radical (unpaired) electrons. The van der Waals surface area contributed by atoms with Gasteiger partial charge in [0.25, 0.3) is 5.91 Å². The Morgan fingerprint density at radius 1 is 1.54 bits per heavy atom. The minimum absolute atomic E-state index is 0.0797. The third kappa shape index (κ3) is 1.28. The molecule has 0 aliphatic carbocycles. The maximum Gasteiger partial charge on any atom is 0.262 e. The molecule has 1 aromatic rings. The number of anilines is 1. The Morgan fingerprint density at radius 3 is 3.08 bits per heavy atom. The highest BCUT2D eigenvalue weighted by molar-refractivity contribution is 6.34. The van der Waals surface area contributed by atoms with E-state index in [0.717, 1.165) is 5.56 Å². The first-order valence-corrected chi connectivity index (χ1v) is 4.00. The van der Waals surface area contributed by atoms with E-state index in [-0.39, 0.29) is 12.5 Å². The minimum Gasteiger partial charge on any atom is -0.482 e. The number of hydrogen-bond donors (Lipinski definition) is 1. The van der Waals surface area contributed by atoms with E-state index < -0.39 is 0 Å². The van der Waals surface area contributed by atoms with Crippen LogP contribution in [-0.4, -0.2) is 20.4 Å². The molecule has 1 aliphatic rings. The number of ether oxygens (including phenoxy) is 1. The third-order valence-electron chi connectivity index (χ3n) is 2.09. The number of benzene rings is 1. The number of amides is 1. The summed E-state index contributed by atoms with van der Waals surface area (Å²) < 4.78 is 5.20. The zero-order valence-electron chi connectivity index (χ0n) is 7.26. The van der Waals surface area contributed by atoms with Gasteiger partial charge in [-0.2, -0.15) is 0 Å². The standard InChI is InChI=1S/C9H8BNO2/c1-5-6(10)2-3-7-9(5)11-8(12)4-13-7/h2-3H,4H2,1H3,(H,11,12). The van der Waals surface area contributed by atoms with E-state index >= 15 is 0 Å². The van der Waals surface area contributed by atoms with Crippen LogP contribution in [0.5, 0.6) is 5.75 Å². The van der Waals surface area contributed by atoms with Crippen LogP contribution in [0.2, 0.25) is 0 Å². The Morgan fingerprint density at radius 2 is 2.31 bits per heavy atom. The highest BCUT2D eigenvalue weighted by atomic mass is 16.5. The van der Waals surface area contributed by atoms with Gasteiger partial charge >= 0.3 is 0 Å². The predicted molar refractivity (Wildman–Crippen MR) is 50.7 cm³/mol. The van der Waals surface area contributed by atoms with Crippen molar-refractivity contribution in [3.05, 3.63) is 17.7 Å². The van der Waals surface area contributed by atoms with E-state index in [9.17, 15) is 4.79 Å². The first-order chi connectivity index (χ1) is 6.18. The number of carbonyl (C=O) groups is 1. The van der Waals surface area contributed by atoms with Crippen LogP contribution in [0, 0.1) is 6.92 Å². The summed E-state index contributed by atoms with van der Waals surface area (Å²) in [6.07, 6.45) is 0. The van der Waals surface area contributed by atoms with Crippen molar-refractivity contribution in [2.45, 2.75) is 6.92 Å². The molecule has 0 fully saturated rings. The molecule has 0 atom stereocenters. The molecule has 2 rings (SSSR count). The SMILES string of the molecule is [B]c1ccc2c(c1C)NC(=O)CO2. The Balaban J connectivity index is 2.54. The quantitative estimate of drug-likeness (QED) is 0.565. The largest absolute Gasteiger partial charge is 0.482 e. The molecular formula is C9H8BNO2. The van der Waals surface area contributed by atoms with Crippen molar-refractivity contribution < 1.29 is 9.53 Å². The summed E-state index contributed by atoms with van der Waals surface area (Å²) >= 11 is 0. The summed E-state index contributed by atoms with van der Waals surface area (Å²) in [6.45, 7) is 1.93. The fourth-order valence-electron chi connectivity index (χ4n) is 1.30. The van der Waals surface area contributed by atoms with E-state index in [4.69, 9.17) is 12.6 Å². The lowest BCUT2D eigenvalue weighted by Crippen LogP contribution is -2.27. The summed E-state index contributed by atoms with van der Waals surface area (Å²) in [6, 6.07) is 3.53. The van der Waals surface area contributed by atoms with Crippen LogP contribution in [0.3, 0.4) is 0 Å². The fourth-order valence-corrected chi connectivity index (χ4v) is 1.30. The van der Waals surface area contributed by atoms with E-state index in [1.807, 2.05) is 6.92 Å². The first kappa shape index (κ1) is 8.17. The summed E-state index contributed by atoms with van der Waals surface area (Å²) in [7, 11) is 5.68. The third-order valence-corrected chi connectivity index (χ3v) is 2.09. The van der Waals surface area contributed by atoms with Gasteiger partial charge in [0.15, 0.2) is 6.61 Å². The summed E-state index contributed by atoms with van der Waals surface area (Å²) in [5.41, 5.74) is 2.20. The summed E-state index contributed by atoms with van der Waals surface area (Å²) in [4.78, 5) is 11.0. The Bertz CT molecular complexity index is 376. The van der Waals surface area contributed by atoms with Crippen molar-refractivity contribution in [2.24, 2.45) is 0 Å². The highest BCUT2D eigenvalue weighted by Gasteiger charge is 2.17. The molecule has 1 heterocycles. The molecular weight excluding hydrogens is 165 g/mol. The van der Waals surface area contributed by atoms with Crippen LogP contribution >= 0.6 is 0 Å². The molecule has 13 heavy (non-hydrogen) atoms.